The van der Waals surface area contributed by atoms with Crippen molar-refractivity contribution in [3.63, 3.8) is 0 Å². The maximum Gasteiger partial charge on any atom is 0.0716 e. The number of hydrogen-bond donors (Lipinski definition) is 2. The molecule has 1 rings (SSSR count). The highest BCUT2D eigenvalue weighted by atomic mass is 16.5. The van der Waals surface area contributed by atoms with Crippen molar-refractivity contribution in [3.05, 3.63) is 35.4 Å². The molecule has 1 unspecified atom stereocenters. The molecule has 0 aliphatic rings. The Balaban J connectivity index is 2.58. The Labute approximate surface area is 91.1 Å². The Kier molecular flexibility index (Phi) is 5.32. The first kappa shape index (κ1) is 12.2. The second-order valence-electron chi connectivity index (χ2n) is 3.67. The zero-order chi connectivity index (χ0) is 11.1. The van der Waals surface area contributed by atoms with E-state index in [1.54, 1.807) is 7.11 Å². The average Bonchev–Trinajstić information content (AvgIpc) is 2.28. The number of aliphatic hydroxyl groups excluding tert-OH is 1. The van der Waals surface area contributed by atoms with E-state index in [0.29, 0.717) is 6.61 Å². The molecule has 3 heteroatoms. The molecule has 0 spiro atoms. The van der Waals surface area contributed by atoms with Crippen molar-refractivity contribution in [2.75, 3.05) is 13.7 Å². The van der Waals surface area contributed by atoms with Gasteiger partial charge in [-0.1, -0.05) is 24.3 Å². The lowest BCUT2D eigenvalue weighted by Crippen LogP contribution is -2.29. The van der Waals surface area contributed by atoms with Gasteiger partial charge < -0.3 is 15.2 Å². The van der Waals surface area contributed by atoms with Crippen LogP contribution in [0, 0.1) is 0 Å². The van der Waals surface area contributed by atoms with Crippen LogP contribution in [0.2, 0.25) is 0 Å². The topological polar surface area (TPSA) is 41.5 Å². The van der Waals surface area contributed by atoms with E-state index < -0.39 is 0 Å². The fourth-order valence-electron chi connectivity index (χ4n) is 1.38. The number of aliphatic hydroxyl groups is 1. The first-order valence-corrected chi connectivity index (χ1v) is 5.18. The monoisotopic (exact) mass is 209 g/mol. The summed E-state index contributed by atoms with van der Waals surface area (Å²) in [5.41, 5.74) is 2.41. The van der Waals surface area contributed by atoms with Crippen LogP contribution in [-0.2, 0) is 17.9 Å². The molecule has 0 saturated carbocycles. The molecule has 0 radical (unpaired) electrons. The van der Waals surface area contributed by atoms with Crippen LogP contribution in [0.4, 0.5) is 0 Å². The summed E-state index contributed by atoms with van der Waals surface area (Å²) in [5, 5.41) is 12.1. The molecular formula is C12H19NO2. The van der Waals surface area contributed by atoms with E-state index in [4.69, 9.17) is 9.84 Å². The van der Waals surface area contributed by atoms with Gasteiger partial charge in [0.25, 0.3) is 0 Å². The minimum atomic E-state index is 0.126. The molecule has 0 amide bonds. The van der Waals surface area contributed by atoms with Crippen LogP contribution < -0.4 is 5.32 Å². The van der Waals surface area contributed by atoms with E-state index >= 15 is 0 Å². The van der Waals surface area contributed by atoms with Gasteiger partial charge in [0.1, 0.15) is 0 Å². The Morgan fingerprint density at radius 2 is 2.00 bits per heavy atom. The van der Waals surface area contributed by atoms with Crippen molar-refractivity contribution in [1.29, 1.82) is 0 Å². The molecule has 1 aromatic carbocycles. The van der Waals surface area contributed by atoms with Gasteiger partial charge in [-0.05, 0) is 18.1 Å². The van der Waals surface area contributed by atoms with Crippen LogP contribution in [0.5, 0.6) is 0 Å². The molecule has 0 fully saturated rings. The molecule has 84 valence electrons. The summed E-state index contributed by atoms with van der Waals surface area (Å²) in [6, 6.07) is 8.28. The highest BCUT2D eigenvalue weighted by molar-refractivity contribution is 5.26. The third-order valence-electron chi connectivity index (χ3n) is 2.33. The minimum absolute atomic E-state index is 0.126. The van der Waals surface area contributed by atoms with E-state index in [1.165, 1.54) is 11.1 Å². The van der Waals surface area contributed by atoms with Gasteiger partial charge in [-0.2, -0.15) is 0 Å². The summed E-state index contributed by atoms with van der Waals surface area (Å²) < 4.78 is 5.12. The van der Waals surface area contributed by atoms with Crippen molar-refractivity contribution in [3.8, 4) is 0 Å². The molecule has 0 aromatic heterocycles. The molecule has 1 atom stereocenters. The standard InChI is InChI=1S/C12H19NO2/c1-10(8-14)13-7-11-5-3-4-6-12(11)9-15-2/h3-6,10,13-14H,7-9H2,1-2H3. The van der Waals surface area contributed by atoms with Gasteiger partial charge in [0.2, 0.25) is 0 Å². The molecule has 15 heavy (non-hydrogen) atoms. The Hall–Kier alpha value is -0.900. The fourth-order valence-corrected chi connectivity index (χ4v) is 1.38. The lowest BCUT2D eigenvalue weighted by atomic mass is 10.1. The van der Waals surface area contributed by atoms with Crippen molar-refractivity contribution >= 4 is 0 Å². The molecule has 2 N–H and O–H groups in total. The zero-order valence-corrected chi connectivity index (χ0v) is 9.36. The predicted molar refractivity (Wildman–Crippen MR) is 60.5 cm³/mol. The van der Waals surface area contributed by atoms with Gasteiger partial charge in [-0.3, -0.25) is 0 Å². The lowest BCUT2D eigenvalue weighted by molar-refractivity contribution is 0.183. The maximum absolute atomic E-state index is 8.90. The normalized spacial score (nSPS) is 12.7. The van der Waals surface area contributed by atoms with Crippen molar-refractivity contribution < 1.29 is 9.84 Å². The van der Waals surface area contributed by atoms with Crippen molar-refractivity contribution in [1.82, 2.24) is 5.32 Å². The highest BCUT2D eigenvalue weighted by Crippen LogP contribution is 2.09. The molecular weight excluding hydrogens is 190 g/mol. The van der Waals surface area contributed by atoms with Crippen LogP contribution in [0.15, 0.2) is 24.3 Å². The fraction of sp³-hybridized carbons (Fsp3) is 0.500. The second-order valence-corrected chi connectivity index (χ2v) is 3.67. The maximum atomic E-state index is 8.90. The molecule has 0 aliphatic carbocycles. The average molecular weight is 209 g/mol. The van der Waals surface area contributed by atoms with E-state index in [-0.39, 0.29) is 12.6 Å². The molecule has 0 bridgehead atoms. The van der Waals surface area contributed by atoms with E-state index in [1.807, 2.05) is 19.1 Å². The smallest absolute Gasteiger partial charge is 0.0716 e. The highest BCUT2D eigenvalue weighted by Gasteiger charge is 2.03. The predicted octanol–water partition coefficient (Wildman–Crippen LogP) is 1.30. The Morgan fingerprint density at radius 1 is 1.33 bits per heavy atom. The quantitative estimate of drug-likeness (QED) is 0.742. The Morgan fingerprint density at radius 3 is 2.60 bits per heavy atom. The zero-order valence-electron chi connectivity index (χ0n) is 9.36. The van der Waals surface area contributed by atoms with Crippen LogP contribution in [0.3, 0.4) is 0 Å². The Bertz CT molecular complexity index is 289. The summed E-state index contributed by atoms with van der Waals surface area (Å²) in [6.45, 7) is 3.51. The summed E-state index contributed by atoms with van der Waals surface area (Å²) in [4.78, 5) is 0. The number of ether oxygens (including phenoxy) is 1. The SMILES string of the molecule is COCc1ccccc1CNC(C)CO. The van der Waals surface area contributed by atoms with E-state index in [2.05, 4.69) is 17.4 Å². The summed E-state index contributed by atoms with van der Waals surface area (Å²) in [5.74, 6) is 0. The third kappa shape index (κ3) is 4.00. The van der Waals surface area contributed by atoms with Crippen LogP contribution >= 0.6 is 0 Å². The third-order valence-corrected chi connectivity index (χ3v) is 2.33. The molecule has 3 nitrogen and oxygen atoms in total. The molecule has 0 aliphatic heterocycles. The number of methoxy groups -OCH3 is 1. The van der Waals surface area contributed by atoms with E-state index in [9.17, 15) is 0 Å². The molecule has 0 heterocycles. The van der Waals surface area contributed by atoms with Crippen LogP contribution in [0.1, 0.15) is 18.1 Å². The molecule has 1 aromatic rings. The number of nitrogens with one attached hydrogen (secondary N) is 1. The van der Waals surface area contributed by atoms with Gasteiger partial charge >= 0.3 is 0 Å². The summed E-state index contributed by atoms with van der Waals surface area (Å²) >= 11 is 0. The largest absolute Gasteiger partial charge is 0.395 e. The van der Waals surface area contributed by atoms with Gasteiger partial charge in [-0.25, -0.2) is 0 Å². The van der Waals surface area contributed by atoms with Crippen LogP contribution in [0.25, 0.3) is 0 Å². The number of hydrogen-bond acceptors (Lipinski definition) is 3. The molecule has 0 saturated heterocycles. The van der Waals surface area contributed by atoms with Crippen LogP contribution in [-0.4, -0.2) is 24.9 Å². The van der Waals surface area contributed by atoms with Gasteiger partial charge in [0.05, 0.1) is 13.2 Å². The van der Waals surface area contributed by atoms with Crippen molar-refractivity contribution in [2.24, 2.45) is 0 Å². The lowest BCUT2D eigenvalue weighted by Gasteiger charge is -2.13. The first-order chi connectivity index (χ1) is 7.27. The summed E-state index contributed by atoms with van der Waals surface area (Å²) in [6.07, 6.45) is 0. The van der Waals surface area contributed by atoms with Gasteiger partial charge in [-0.15, -0.1) is 0 Å². The van der Waals surface area contributed by atoms with Gasteiger partial charge in [0.15, 0.2) is 0 Å². The second kappa shape index (κ2) is 6.56. The number of benzene rings is 1. The first-order valence-electron chi connectivity index (χ1n) is 5.18. The minimum Gasteiger partial charge on any atom is -0.395 e. The van der Waals surface area contributed by atoms with Gasteiger partial charge in [0, 0.05) is 19.7 Å². The van der Waals surface area contributed by atoms with Crippen molar-refractivity contribution in [2.45, 2.75) is 26.1 Å². The summed E-state index contributed by atoms with van der Waals surface area (Å²) in [7, 11) is 1.69. The van der Waals surface area contributed by atoms with E-state index in [0.717, 1.165) is 6.54 Å². The number of rotatable bonds is 6.